The predicted molar refractivity (Wildman–Crippen MR) is 152 cm³/mol. The van der Waals surface area contributed by atoms with Crippen molar-refractivity contribution in [2.45, 2.75) is 45.1 Å². The third kappa shape index (κ3) is 5.39. The Labute approximate surface area is 227 Å². The van der Waals surface area contributed by atoms with Crippen LogP contribution in [-0.2, 0) is 6.54 Å². The molecule has 3 atom stereocenters. The molecular weight excluding hydrogens is 490 g/mol. The highest BCUT2D eigenvalue weighted by Crippen LogP contribution is 2.35. The van der Waals surface area contributed by atoms with Crippen LogP contribution in [0.2, 0.25) is 0 Å². The molecule has 0 radical (unpaired) electrons. The van der Waals surface area contributed by atoms with Crippen molar-refractivity contribution in [2.24, 2.45) is 21.5 Å². The Morgan fingerprint density at radius 1 is 1.10 bits per heavy atom. The van der Waals surface area contributed by atoms with Crippen molar-refractivity contribution in [1.29, 1.82) is 0 Å². The zero-order chi connectivity index (χ0) is 26.9. The van der Waals surface area contributed by atoms with Gasteiger partial charge in [-0.2, -0.15) is 5.10 Å². The minimum atomic E-state index is -0.409. The van der Waals surface area contributed by atoms with Crippen LogP contribution in [0.4, 0.5) is 5.82 Å². The molecule has 0 aliphatic carbocycles. The van der Waals surface area contributed by atoms with Crippen LogP contribution in [0.15, 0.2) is 88.7 Å². The summed E-state index contributed by atoms with van der Waals surface area (Å²) in [6, 6.07) is 11.2. The fourth-order valence-corrected chi connectivity index (χ4v) is 5.40. The minimum absolute atomic E-state index is 0.350. The van der Waals surface area contributed by atoms with Gasteiger partial charge in [-0.1, -0.05) is 6.07 Å². The van der Waals surface area contributed by atoms with Gasteiger partial charge in [0.1, 0.15) is 17.5 Å². The molecule has 5 N–H and O–H groups in total. The molecule has 39 heavy (non-hydrogen) atoms. The van der Waals surface area contributed by atoms with Crippen molar-refractivity contribution in [2.75, 3.05) is 18.0 Å². The second-order valence-corrected chi connectivity index (χ2v) is 10.3. The van der Waals surface area contributed by atoms with Gasteiger partial charge in [-0.05, 0) is 62.2 Å². The van der Waals surface area contributed by atoms with Gasteiger partial charge in [0, 0.05) is 73.5 Å². The monoisotopic (exact) mass is 523 g/mol. The number of hydrogen-bond donors (Lipinski definition) is 3. The number of amidine groups is 2. The lowest BCUT2D eigenvalue weighted by molar-refractivity contribution is -0.00875. The standard InChI is InChI=1S/C28H33N11/c1-18(29)10-24(30)35-25-11-19(2)34-28(36-25)21-5-7-26(32-14-21)37-16-22-12-23(17-37)38(22)15-20-4-6-27(31-13-20)39-9-3-8-33-39/h3-11,13-14,22-23,25H,12,15-17,29H2,1-2H3,(H2,30,35)(H,34,36)/b18-10-. The summed E-state index contributed by atoms with van der Waals surface area (Å²) in [4.78, 5) is 23.5. The van der Waals surface area contributed by atoms with E-state index >= 15 is 0 Å². The molecule has 3 saturated heterocycles. The second kappa shape index (κ2) is 10.3. The molecule has 2 bridgehead atoms. The van der Waals surface area contributed by atoms with Gasteiger partial charge in [-0.25, -0.2) is 24.6 Å². The van der Waals surface area contributed by atoms with E-state index in [1.807, 2.05) is 43.7 Å². The first-order chi connectivity index (χ1) is 18.9. The molecule has 0 spiro atoms. The van der Waals surface area contributed by atoms with Gasteiger partial charge in [0.2, 0.25) is 0 Å². The molecule has 4 aliphatic rings. The maximum absolute atomic E-state index is 5.98. The molecule has 11 heteroatoms. The average molecular weight is 524 g/mol. The van der Waals surface area contributed by atoms with Crippen LogP contribution in [0.1, 0.15) is 31.4 Å². The van der Waals surface area contributed by atoms with Crippen molar-refractivity contribution in [1.82, 2.24) is 30.0 Å². The number of nitrogens with one attached hydrogen (secondary N) is 1. The SMILES string of the molecule is CC1=CC(N=C(N)/C=C(/C)N)N=C(c2ccc(N3CC4CC(C3)N4Cc3ccc(-n4cccn4)nc3)nc2)N1. The highest BCUT2D eigenvalue weighted by Gasteiger charge is 2.44. The maximum atomic E-state index is 5.98. The second-order valence-electron chi connectivity index (χ2n) is 10.3. The van der Waals surface area contributed by atoms with E-state index in [0.29, 0.717) is 23.6 Å². The van der Waals surface area contributed by atoms with Crippen molar-refractivity contribution < 1.29 is 0 Å². The van der Waals surface area contributed by atoms with Gasteiger partial charge in [0.05, 0.1) is 0 Å². The summed E-state index contributed by atoms with van der Waals surface area (Å²) in [7, 11) is 0. The maximum Gasteiger partial charge on any atom is 0.164 e. The summed E-state index contributed by atoms with van der Waals surface area (Å²) < 4.78 is 1.77. The third-order valence-electron chi connectivity index (χ3n) is 7.24. The van der Waals surface area contributed by atoms with E-state index < -0.39 is 6.17 Å². The highest BCUT2D eigenvalue weighted by atomic mass is 15.4. The highest BCUT2D eigenvalue weighted by molar-refractivity contribution is 6.00. The van der Waals surface area contributed by atoms with Crippen molar-refractivity contribution in [3.63, 3.8) is 0 Å². The largest absolute Gasteiger partial charge is 0.402 e. The normalized spacial score (nSPS) is 23.5. The molecule has 0 aromatic carbocycles. The number of aromatic nitrogens is 4. The number of rotatable bonds is 7. The fraction of sp³-hybridized carbons (Fsp3) is 0.321. The van der Waals surface area contributed by atoms with E-state index in [4.69, 9.17) is 21.4 Å². The number of fused-ring (bicyclic) bond motifs is 2. The van der Waals surface area contributed by atoms with Crippen LogP contribution < -0.4 is 21.7 Å². The Morgan fingerprint density at radius 3 is 2.56 bits per heavy atom. The molecule has 3 aromatic heterocycles. The van der Waals surface area contributed by atoms with E-state index in [-0.39, 0.29) is 0 Å². The van der Waals surface area contributed by atoms with Gasteiger partial charge in [-0.3, -0.25) is 4.90 Å². The molecule has 3 unspecified atom stereocenters. The van der Waals surface area contributed by atoms with Crippen LogP contribution >= 0.6 is 0 Å². The molecule has 0 amide bonds. The topological polar surface area (TPSA) is 139 Å². The quantitative estimate of drug-likeness (QED) is 0.315. The molecular formula is C28H33N11. The van der Waals surface area contributed by atoms with Gasteiger partial charge < -0.3 is 21.7 Å². The Balaban J connectivity index is 1.08. The zero-order valence-corrected chi connectivity index (χ0v) is 22.1. The molecule has 200 valence electrons. The number of hydrogen-bond acceptors (Lipinski definition) is 9. The lowest BCUT2D eigenvalue weighted by atomic mass is 9.87. The lowest BCUT2D eigenvalue weighted by Gasteiger charge is -2.56. The molecule has 3 aromatic rings. The first kappa shape index (κ1) is 24.8. The lowest BCUT2D eigenvalue weighted by Crippen LogP contribution is -2.68. The van der Waals surface area contributed by atoms with Gasteiger partial charge in [-0.15, -0.1) is 0 Å². The third-order valence-corrected chi connectivity index (χ3v) is 7.24. The molecule has 4 aliphatic heterocycles. The average Bonchev–Trinajstić information content (AvgIpc) is 3.46. The first-order valence-electron chi connectivity index (χ1n) is 13.1. The van der Waals surface area contributed by atoms with Crippen LogP contribution in [0.5, 0.6) is 0 Å². The molecule has 7 heterocycles. The number of nitrogens with zero attached hydrogens (tertiary/aromatic N) is 8. The fourth-order valence-electron chi connectivity index (χ4n) is 5.40. The van der Waals surface area contributed by atoms with Gasteiger partial charge in [0.15, 0.2) is 12.0 Å². The molecule has 3 fully saturated rings. The number of pyridine rings is 2. The first-order valence-corrected chi connectivity index (χ1v) is 13.1. The van der Waals surface area contributed by atoms with E-state index in [9.17, 15) is 0 Å². The number of piperidine rings is 1. The Bertz CT molecular complexity index is 1420. The van der Waals surface area contributed by atoms with E-state index in [1.165, 1.54) is 12.0 Å². The van der Waals surface area contributed by atoms with E-state index in [0.717, 1.165) is 48.4 Å². The van der Waals surface area contributed by atoms with Crippen molar-refractivity contribution in [3.8, 4) is 5.82 Å². The molecule has 7 rings (SSSR count). The van der Waals surface area contributed by atoms with Crippen LogP contribution in [0, 0.1) is 0 Å². The van der Waals surface area contributed by atoms with Crippen LogP contribution in [0.25, 0.3) is 5.82 Å². The minimum Gasteiger partial charge on any atom is -0.402 e. The number of anilines is 1. The summed E-state index contributed by atoms with van der Waals surface area (Å²) in [5.74, 6) is 2.90. The summed E-state index contributed by atoms with van der Waals surface area (Å²) >= 11 is 0. The van der Waals surface area contributed by atoms with E-state index in [2.05, 4.69) is 48.4 Å². The van der Waals surface area contributed by atoms with Crippen molar-refractivity contribution >= 4 is 17.5 Å². The molecule has 0 saturated carbocycles. The zero-order valence-electron chi connectivity index (χ0n) is 22.1. The number of nitrogens with two attached hydrogens (primary N) is 2. The van der Waals surface area contributed by atoms with Crippen LogP contribution in [0.3, 0.4) is 0 Å². The Kier molecular flexibility index (Phi) is 6.57. The van der Waals surface area contributed by atoms with Gasteiger partial charge >= 0.3 is 0 Å². The summed E-state index contributed by atoms with van der Waals surface area (Å²) in [5, 5.41) is 7.57. The summed E-state index contributed by atoms with van der Waals surface area (Å²) in [6.45, 7) is 6.60. The summed E-state index contributed by atoms with van der Waals surface area (Å²) in [6.07, 6.45) is 11.9. The number of aliphatic imine (C=N–C) groups is 2. The van der Waals surface area contributed by atoms with Crippen LogP contribution in [-0.4, -0.2) is 67.7 Å². The Morgan fingerprint density at radius 2 is 1.90 bits per heavy atom. The smallest absolute Gasteiger partial charge is 0.164 e. The predicted octanol–water partition coefficient (Wildman–Crippen LogP) is 1.92. The van der Waals surface area contributed by atoms with Crippen molar-refractivity contribution in [3.05, 3.63) is 89.8 Å². The Hall–Kier alpha value is -4.51. The summed E-state index contributed by atoms with van der Waals surface area (Å²) in [5.41, 5.74) is 15.4. The van der Waals surface area contributed by atoms with E-state index in [1.54, 1.807) is 23.9 Å². The van der Waals surface area contributed by atoms with Gasteiger partial charge in [0.25, 0.3) is 0 Å². The number of allylic oxidation sites excluding steroid dienone is 2. The number of piperazine rings is 1. The molecule has 11 nitrogen and oxygen atoms in total.